The number of methoxy groups -OCH3 is 1. The Morgan fingerprint density at radius 1 is 1.40 bits per heavy atom. The molecule has 3 rings (SSSR count). The third-order valence-corrected chi connectivity index (χ3v) is 4.21. The Bertz CT molecular complexity index is 767. The number of hydrogen-bond donors (Lipinski definition) is 3. The summed E-state index contributed by atoms with van der Waals surface area (Å²) < 4.78 is 5.22. The van der Waals surface area contributed by atoms with Crippen molar-refractivity contribution in [2.24, 2.45) is 0 Å². The van der Waals surface area contributed by atoms with Gasteiger partial charge in [-0.05, 0) is 36.5 Å². The van der Waals surface area contributed by atoms with Crippen LogP contribution < -0.4 is 15.4 Å². The van der Waals surface area contributed by atoms with Crippen LogP contribution in [-0.2, 0) is 4.79 Å². The standard InChI is InChI=1S/C18H22N4O3/c1-11(12-4-3-5-14(9-12)25-2)8-16(23)21-15-10-19-22-17(15)18(24)20-13-6-7-13/h3-5,9-11,13H,6-8H2,1-2H3,(H,19,22)(H,20,24)(H,21,23). The van der Waals surface area contributed by atoms with Crippen LogP contribution in [0.5, 0.6) is 5.75 Å². The van der Waals surface area contributed by atoms with Gasteiger partial charge in [0.25, 0.3) is 5.91 Å². The normalized spacial score (nSPS) is 14.6. The van der Waals surface area contributed by atoms with Gasteiger partial charge in [0.2, 0.25) is 5.91 Å². The lowest BCUT2D eigenvalue weighted by molar-refractivity contribution is -0.116. The van der Waals surface area contributed by atoms with E-state index in [0.29, 0.717) is 12.1 Å². The average molecular weight is 342 g/mol. The van der Waals surface area contributed by atoms with Gasteiger partial charge in [0.15, 0.2) is 0 Å². The molecule has 2 amide bonds. The van der Waals surface area contributed by atoms with E-state index >= 15 is 0 Å². The van der Waals surface area contributed by atoms with E-state index < -0.39 is 0 Å². The lowest BCUT2D eigenvalue weighted by atomic mass is 9.97. The summed E-state index contributed by atoms with van der Waals surface area (Å²) in [6.07, 6.45) is 3.75. The first-order valence-electron chi connectivity index (χ1n) is 8.35. The Labute approximate surface area is 146 Å². The molecule has 0 aliphatic heterocycles. The summed E-state index contributed by atoms with van der Waals surface area (Å²) in [6, 6.07) is 7.90. The fraction of sp³-hybridized carbons (Fsp3) is 0.389. The van der Waals surface area contributed by atoms with Gasteiger partial charge >= 0.3 is 0 Å². The highest BCUT2D eigenvalue weighted by atomic mass is 16.5. The van der Waals surface area contributed by atoms with Crippen molar-refractivity contribution in [3.63, 3.8) is 0 Å². The van der Waals surface area contributed by atoms with Crippen LogP contribution in [0.1, 0.15) is 48.2 Å². The minimum atomic E-state index is -0.240. The van der Waals surface area contributed by atoms with Gasteiger partial charge in [-0.3, -0.25) is 14.7 Å². The van der Waals surface area contributed by atoms with Gasteiger partial charge in [-0.25, -0.2) is 0 Å². The van der Waals surface area contributed by atoms with Crippen LogP contribution in [0.15, 0.2) is 30.5 Å². The van der Waals surface area contributed by atoms with E-state index in [2.05, 4.69) is 20.8 Å². The van der Waals surface area contributed by atoms with E-state index in [1.807, 2.05) is 31.2 Å². The Hall–Kier alpha value is -2.83. The number of carbonyl (C=O) groups excluding carboxylic acids is 2. The summed E-state index contributed by atoms with van der Waals surface area (Å²) in [7, 11) is 1.61. The molecule has 2 aromatic rings. The molecule has 7 heteroatoms. The molecule has 1 aromatic carbocycles. The molecule has 1 heterocycles. The molecule has 0 spiro atoms. The van der Waals surface area contributed by atoms with Crippen molar-refractivity contribution in [2.75, 3.05) is 12.4 Å². The van der Waals surface area contributed by atoms with Crippen molar-refractivity contribution in [3.05, 3.63) is 41.7 Å². The number of anilines is 1. The number of nitrogens with one attached hydrogen (secondary N) is 3. The number of ether oxygens (including phenoxy) is 1. The highest BCUT2D eigenvalue weighted by Gasteiger charge is 2.26. The molecule has 1 fully saturated rings. The van der Waals surface area contributed by atoms with Crippen LogP contribution in [-0.4, -0.2) is 35.2 Å². The molecular formula is C18H22N4O3. The van der Waals surface area contributed by atoms with Crippen LogP contribution in [0.4, 0.5) is 5.69 Å². The predicted molar refractivity (Wildman–Crippen MR) is 93.7 cm³/mol. The molecule has 1 aromatic heterocycles. The maximum absolute atomic E-state index is 12.3. The number of nitrogens with zero attached hydrogens (tertiary/aromatic N) is 1. The molecule has 7 nitrogen and oxygen atoms in total. The van der Waals surface area contributed by atoms with Crippen molar-refractivity contribution < 1.29 is 14.3 Å². The number of H-pyrrole nitrogens is 1. The zero-order valence-electron chi connectivity index (χ0n) is 14.3. The first kappa shape index (κ1) is 17.0. The third-order valence-electron chi connectivity index (χ3n) is 4.21. The molecule has 0 radical (unpaired) electrons. The van der Waals surface area contributed by atoms with Gasteiger partial charge in [0.1, 0.15) is 11.4 Å². The van der Waals surface area contributed by atoms with Crippen LogP contribution in [0.25, 0.3) is 0 Å². The maximum Gasteiger partial charge on any atom is 0.271 e. The first-order chi connectivity index (χ1) is 12.1. The number of hydrogen-bond acceptors (Lipinski definition) is 4. The van der Waals surface area contributed by atoms with Crippen molar-refractivity contribution in [2.45, 2.75) is 38.1 Å². The van der Waals surface area contributed by atoms with Crippen molar-refractivity contribution >= 4 is 17.5 Å². The summed E-state index contributed by atoms with van der Waals surface area (Å²) in [5.41, 5.74) is 1.71. The molecular weight excluding hydrogens is 320 g/mol. The number of benzene rings is 1. The Kier molecular flexibility index (Phi) is 5.02. The maximum atomic E-state index is 12.3. The van der Waals surface area contributed by atoms with Crippen molar-refractivity contribution in [1.29, 1.82) is 0 Å². The summed E-state index contributed by atoms with van der Waals surface area (Å²) >= 11 is 0. The van der Waals surface area contributed by atoms with Gasteiger partial charge in [-0.1, -0.05) is 19.1 Å². The van der Waals surface area contributed by atoms with Crippen LogP contribution >= 0.6 is 0 Å². The third kappa shape index (κ3) is 4.37. The van der Waals surface area contributed by atoms with Gasteiger partial charge in [-0.2, -0.15) is 5.10 Å². The van der Waals surface area contributed by atoms with Gasteiger partial charge in [0, 0.05) is 12.5 Å². The van der Waals surface area contributed by atoms with E-state index in [9.17, 15) is 9.59 Å². The zero-order valence-corrected chi connectivity index (χ0v) is 14.3. The number of aromatic amines is 1. The topological polar surface area (TPSA) is 96.1 Å². The van der Waals surface area contributed by atoms with E-state index in [0.717, 1.165) is 24.2 Å². The van der Waals surface area contributed by atoms with Crippen molar-refractivity contribution in [1.82, 2.24) is 15.5 Å². The SMILES string of the molecule is COc1cccc(C(C)CC(=O)Nc2cn[nH]c2C(=O)NC2CC2)c1. The predicted octanol–water partition coefficient (Wildman–Crippen LogP) is 2.44. The van der Waals surface area contributed by atoms with Crippen LogP contribution in [0.2, 0.25) is 0 Å². The Morgan fingerprint density at radius 3 is 2.92 bits per heavy atom. The highest BCUT2D eigenvalue weighted by molar-refractivity contribution is 6.02. The smallest absolute Gasteiger partial charge is 0.271 e. The second-order valence-electron chi connectivity index (χ2n) is 6.34. The lowest BCUT2D eigenvalue weighted by Crippen LogP contribution is -2.27. The molecule has 25 heavy (non-hydrogen) atoms. The quantitative estimate of drug-likeness (QED) is 0.720. The summed E-state index contributed by atoms with van der Waals surface area (Å²) in [4.78, 5) is 24.5. The molecule has 0 saturated heterocycles. The molecule has 3 N–H and O–H groups in total. The number of aromatic nitrogens is 2. The van der Waals surface area contributed by atoms with E-state index in [4.69, 9.17) is 4.74 Å². The zero-order chi connectivity index (χ0) is 17.8. The Balaban J connectivity index is 1.60. The minimum Gasteiger partial charge on any atom is -0.497 e. The first-order valence-corrected chi connectivity index (χ1v) is 8.35. The lowest BCUT2D eigenvalue weighted by Gasteiger charge is -2.13. The van der Waals surface area contributed by atoms with Gasteiger partial charge in [0.05, 0.1) is 19.0 Å². The molecule has 1 aliphatic carbocycles. The number of rotatable bonds is 7. The fourth-order valence-electron chi connectivity index (χ4n) is 2.58. The summed E-state index contributed by atoms with van der Waals surface area (Å²) in [6.45, 7) is 1.98. The molecule has 1 saturated carbocycles. The minimum absolute atomic E-state index is 0.0192. The molecule has 132 valence electrons. The largest absolute Gasteiger partial charge is 0.497 e. The van der Waals surface area contributed by atoms with Crippen LogP contribution in [0, 0.1) is 0 Å². The monoisotopic (exact) mass is 342 g/mol. The molecule has 1 unspecified atom stereocenters. The Morgan fingerprint density at radius 2 is 2.20 bits per heavy atom. The average Bonchev–Trinajstić information content (AvgIpc) is 3.30. The fourth-order valence-corrected chi connectivity index (χ4v) is 2.58. The highest BCUT2D eigenvalue weighted by Crippen LogP contribution is 2.24. The van der Waals surface area contributed by atoms with E-state index in [1.165, 1.54) is 6.20 Å². The molecule has 1 atom stereocenters. The second-order valence-corrected chi connectivity index (χ2v) is 6.34. The van der Waals surface area contributed by atoms with E-state index in [-0.39, 0.29) is 29.5 Å². The van der Waals surface area contributed by atoms with Gasteiger partial charge in [-0.15, -0.1) is 0 Å². The van der Waals surface area contributed by atoms with Crippen LogP contribution in [0.3, 0.4) is 0 Å². The van der Waals surface area contributed by atoms with E-state index in [1.54, 1.807) is 7.11 Å². The molecule has 0 bridgehead atoms. The number of carbonyl (C=O) groups is 2. The molecule has 1 aliphatic rings. The van der Waals surface area contributed by atoms with Crippen molar-refractivity contribution in [3.8, 4) is 5.75 Å². The number of amides is 2. The van der Waals surface area contributed by atoms with Gasteiger partial charge < -0.3 is 15.4 Å². The summed E-state index contributed by atoms with van der Waals surface area (Å²) in [5.74, 6) is 0.373. The second kappa shape index (κ2) is 7.38. The summed E-state index contributed by atoms with van der Waals surface area (Å²) in [5, 5.41) is 12.2.